The Balaban J connectivity index is 2.15. The van der Waals surface area contributed by atoms with Gasteiger partial charge in [0.25, 0.3) is 0 Å². The van der Waals surface area contributed by atoms with Gasteiger partial charge in [0.15, 0.2) is 0 Å². The second-order valence-corrected chi connectivity index (χ2v) is 7.13. The quantitative estimate of drug-likeness (QED) is 0.461. The van der Waals surface area contributed by atoms with Crippen LogP contribution in [-0.4, -0.2) is 19.8 Å². The Bertz CT molecular complexity index is 782. The minimum Gasteiger partial charge on any atom is -0.422 e. The molecule has 0 N–H and O–H groups in total. The highest BCUT2D eigenvalue weighted by Gasteiger charge is 2.65. The van der Waals surface area contributed by atoms with Crippen LogP contribution in [0, 0.1) is 0 Å². The Morgan fingerprint density at radius 2 is 1.86 bits per heavy atom. The van der Waals surface area contributed by atoms with Crippen LogP contribution in [0.3, 0.4) is 0 Å². The van der Waals surface area contributed by atoms with Crippen LogP contribution < -0.4 is 5.63 Å². The van der Waals surface area contributed by atoms with Crippen molar-refractivity contribution in [2.24, 2.45) is 0 Å². The number of hydrogen-bond donors (Lipinski definition) is 0. The van der Waals surface area contributed by atoms with Crippen LogP contribution in [0.25, 0.3) is 11.0 Å². The summed E-state index contributed by atoms with van der Waals surface area (Å²) < 4.78 is 34.4. The third kappa shape index (κ3) is 2.32. The fourth-order valence-electron chi connectivity index (χ4n) is 2.45. The minimum absolute atomic E-state index is 0.105. The first-order valence-electron chi connectivity index (χ1n) is 7.13. The summed E-state index contributed by atoms with van der Waals surface area (Å²) in [5, 5.41) is -0.629. The summed E-state index contributed by atoms with van der Waals surface area (Å²) in [6.07, 6.45) is 0. The normalized spacial score (nSPS) is 21.2. The van der Waals surface area contributed by atoms with Gasteiger partial charge in [-0.05, 0) is 26.0 Å². The molecule has 6 nitrogen and oxygen atoms in total. The van der Waals surface area contributed by atoms with Gasteiger partial charge in [0.05, 0.1) is 25.4 Å². The zero-order chi connectivity index (χ0) is 15.8. The van der Waals surface area contributed by atoms with Gasteiger partial charge in [-0.1, -0.05) is 18.2 Å². The van der Waals surface area contributed by atoms with Gasteiger partial charge in [-0.2, -0.15) is 0 Å². The largest absolute Gasteiger partial charge is 0.422 e. The molecule has 0 saturated carbocycles. The van der Waals surface area contributed by atoms with Crippen molar-refractivity contribution in [1.82, 2.24) is 0 Å². The maximum Gasteiger partial charge on any atom is 0.369 e. The van der Waals surface area contributed by atoms with Gasteiger partial charge in [-0.3, -0.25) is 4.57 Å². The predicted molar refractivity (Wildman–Crippen MR) is 81.0 cm³/mol. The molecule has 1 aliphatic rings. The molecule has 118 valence electrons. The van der Waals surface area contributed by atoms with Crippen LogP contribution in [0.4, 0.5) is 0 Å². The number of para-hydroxylation sites is 1. The molecule has 1 fully saturated rings. The third-order valence-corrected chi connectivity index (χ3v) is 6.10. The van der Waals surface area contributed by atoms with E-state index < -0.39 is 18.6 Å². The van der Waals surface area contributed by atoms with Crippen LogP contribution >= 0.6 is 7.60 Å². The standard InChI is InChI=1S/C15H17O6P/c1-3-19-22(17,20-4-2)15(10-18-15)12-9-11-7-5-6-8-13(11)21-14(12)16/h5-9H,3-4,10H2,1-2H3. The molecule has 7 heteroatoms. The van der Waals surface area contributed by atoms with Crippen molar-refractivity contribution in [2.45, 2.75) is 19.2 Å². The van der Waals surface area contributed by atoms with E-state index in [0.29, 0.717) is 5.58 Å². The molecule has 0 radical (unpaired) electrons. The number of fused-ring (bicyclic) bond motifs is 1. The van der Waals surface area contributed by atoms with E-state index in [1.807, 2.05) is 12.1 Å². The monoisotopic (exact) mass is 324 g/mol. The molecule has 0 amide bonds. The molecule has 1 unspecified atom stereocenters. The number of hydrogen-bond acceptors (Lipinski definition) is 6. The first-order valence-corrected chi connectivity index (χ1v) is 8.67. The van der Waals surface area contributed by atoms with Crippen molar-refractivity contribution >= 4 is 18.6 Å². The zero-order valence-electron chi connectivity index (χ0n) is 12.4. The van der Waals surface area contributed by atoms with E-state index >= 15 is 0 Å². The summed E-state index contributed by atoms with van der Waals surface area (Å²) in [5.74, 6) is 0. The highest BCUT2D eigenvalue weighted by molar-refractivity contribution is 7.55. The molecule has 1 aromatic heterocycles. The van der Waals surface area contributed by atoms with Gasteiger partial charge < -0.3 is 18.2 Å². The second-order valence-electron chi connectivity index (χ2n) is 4.89. The molecule has 1 aromatic carbocycles. The molecule has 2 aromatic rings. The lowest BCUT2D eigenvalue weighted by Gasteiger charge is -2.22. The maximum atomic E-state index is 13.0. The molecule has 1 saturated heterocycles. The van der Waals surface area contributed by atoms with Crippen molar-refractivity contribution in [2.75, 3.05) is 19.8 Å². The second kappa shape index (κ2) is 5.63. The van der Waals surface area contributed by atoms with E-state index in [9.17, 15) is 9.36 Å². The van der Waals surface area contributed by atoms with E-state index in [2.05, 4.69) is 0 Å². The summed E-state index contributed by atoms with van der Waals surface area (Å²) in [6, 6.07) is 8.76. The summed E-state index contributed by atoms with van der Waals surface area (Å²) in [6.45, 7) is 3.92. The van der Waals surface area contributed by atoms with Gasteiger partial charge in [0.2, 0.25) is 5.34 Å². The Kier molecular flexibility index (Phi) is 3.95. The molecule has 22 heavy (non-hydrogen) atoms. The van der Waals surface area contributed by atoms with Crippen molar-refractivity contribution in [3.05, 3.63) is 46.3 Å². The van der Waals surface area contributed by atoms with E-state index in [-0.39, 0.29) is 25.4 Å². The molecule has 0 spiro atoms. The van der Waals surface area contributed by atoms with Gasteiger partial charge in [-0.25, -0.2) is 4.79 Å². The summed E-state index contributed by atoms with van der Waals surface area (Å²) in [7, 11) is -3.62. The minimum atomic E-state index is -3.62. The van der Waals surface area contributed by atoms with Gasteiger partial charge >= 0.3 is 13.2 Å². The van der Waals surface area contributed by atoms with Crippen molar-refractivity contribution in [1.29, 1.82) is 0 Å². The van der Waals surface area contributed by atoms with E-state index in [4.69, 9.17) is 18.2 Å². The first kappa shape index (κ1) is 15.4. The fourth-order valence-corrected chi connectivity index (χ4v) is 4.45. The smallest absolute Gasteiger partial charge is 0.369 e. The fraction of sp³-hybridized carbons (Fsp3) is 0.400. The van der Waals surface area contributed by atoms with Crippen LogP contribution in [0.15, 0.2) is 39.5 Å². The van der Waals surface area contributed by atoms with Gasteiger partial charge in [0, 0.05) is 5.39 Å². The van der Waals surface area contributed by atoms with Crippen LogP contribution in [0.5, 0.6) is 0 Å². The molecule has 3 rings (SSSR count). The molecular weight excluding hydrogens is 307 g/mol. The summed E-state index contributed by atoms with van der Waals surface area (Å²) in [4.78, 5) is 12.3. The predicted octanol–water partition coefficient (Wildman–Crippen LogP) is 3.24. The molecular formula is C15H17O6P. The number of epoxide rings is 1. The van der Waals surface area contributed by atoms with Gasteiger partial charge in [-0.15, -0.1) is 0 Å². The molecule has 0 bridgehead atoms. The van der Waals surface area contributed by atoms with Crippen molar-refractivity contribution in [3.63, 3.8) is 0 Å². The summed E-state index contributed by atoms with van der Waals surface area (Å²) >= 11 is 0. The highest BCUT2D eigenvalue weighted by Crippen LogP contribution is 2.71. The number of benzene rings is 1. The van der Waals surface area contributed by atoms with Crippen LogP contribution in [-0.2, 0) is 23.7 Å². The van der Waals surface area contributed by atoms with E-state index in [1.165, 1.54) is 0 Å². The van der Waals surface area contributed by atoms with E-state index in [0.717, 1.165) is 5.39 Å². The molecule has 0 aliphatic carbocycles. The number of rotatable bonds is 6. The maximum absolute atomic E-state index is 13.0. The first-order chi connectivity index (χ1) is 10.6. The van der Waals surface area contributed by atoms with Crippen LogP contribution in [0.2, 0.25) is 0 Å². The van der Waals surface area contributed by atoms with Gasteiger partial charge in [0.1, 0.15) is 5.58 Å². The third-order valence-electron chi connectivity index (χ3n) is 3.52. The lowest BCUT2D eigenvalue weighted by molar-refractivity contribution is 0.186. The summed E-state index contributed by atoms with van der Waals surface area (Å²) in [5.41, 5.74) is 0.0574. The Hall–Kier alpha value is -1.46. The molecule has 2 heterocycles. The lowest BCUT2D eigenvalue weighted by Crippen LogP contribution is -2.22. The number of ether oxygens (including phenoxy) is 1. The molecule has 1 atom stereocenters. The van der Waals surface area contributed by atoms with Crippen molar-refractivity contribution in [3.8, 4) is 0 Å². The van der Waals surface area contributed by atoms with E-state index in [1.54, 1.807) is 32.0 Å². The lowest BCUT2D eigenvalue weighted by atomic mass is 10.1. The Morgan fingerprint density at radius 1 is 1.23 bits per heavy atom. The Labute approximate surface area is 127 Å². The van der Waals surface area contributed by atoms with Crippen molar-refractivity contribution < 1.29 is 22.8 Å². The highest BCUT2D eigenvalue weighted by atomic mass is 31.2. The SMILES string of the molecule is CCOP(=O)(OCC)C1(c2cc3ccccc3oc2=O)CO1. The Morgan fingerprint density at radius 3 is 2.45 bits per heavy atom. The topological polar surface area (TPSA) is 78.3 Å². The average Bonchev–Trinajstić information content (AvgIpc) is 3.29. The van der Waals surface area contributed by atoms with Crippen LogP contribution in [0.1, 0.15) is 19.4 Å². The average molecular weight is 324 g/mol. The zero-order valence-corrected chi connectivity index (χ0v) is 13.3. The molecule has 1 aliphatic heterocycles.